The maximum Gasteiger partial charge on any atom is 0.0273 e. The Morgan fingerprint density at radius 2 is 1.33 bits per heavy atom. The maximum atomic E-state index is 3.98. The molecule has 0 radical (unpaired) electrons. The highest BCUT2D eigenvalue weighted by molar-refractivity contribution is 5.69. The van der Waals surface area contributed by atoms with Crippen molar-refractivity contribution < 1.29 is 0 Å². The van der Waals surface area contributed by atoms with Gasteiger partial charge in [-0.15, -0.1) is 0 Å². The van der Waals surface area contributed by atoms with E-state index in [4.69, 9.17) is 0 Å². The van der Waals surface area contributed by atoms with Gasteiger partial charge in [-0.1, -0.05) is 42.0 Å². The molecular formula is C14H13N. The van der Waals surface area contributed by atoms with Crippen LogP contribution in [0, 0.1) is 6.92 Å². The van der Waals surface area contributed by atoms with Crippen LogP contribution in [0.5, 0.6) is 0 Å². The zero-order chi connectivity index (χ0) is 10.5. The Kier molecular flexibility index (Phi) is 2.93. The first-order chi connectivity index (χ1) is 7.34. The van der Waals surface area contributed by atoms with Gasteiger partial charge in [0, 0.05) is 12.4 Å². The van der Waals surface area contributed by atoms with Gasteiger partial charge in [0.05, 0.1) is 0 Å². The van der Waals surface area contributed by atoms with Crippen LogP contribution in [0.25, 0.3) is 12.2 Å². The summed E-state index contributed by atoms with van der Waals surface area (Å²) in [5, 5.41) is 0. The predicted molar refractivity (Wildman–Crippen MR) is 64.3 cm³/mol. The molecule has 1 heteroatoms. The molecule has 15 heavy (non-hydrogen) atoms. The third kappa shape index (κ3) is 2.78. The molecule has 0 aliphatic heterocycles. The molecule has 2 rings (SSSR count). The molecule has 0 fully saturated rings. The third-order valence-corrected chi connectivity index (χ3v) is 2.25. The minimum atomic E-state index is 1.17. The fourth-order valence-electron chi connectivity index (χ4n) is 1.34. The van der Waals surface area contributed by atoms with Crippen LogP contribution >= 0.6 is 0 Å². The zero-order valence-corrected chi connectivity index (χ0v) is 8.72. The second kappa shape index (κ2) is 4.56. The van der Waals surface area contributed by atoms with Crippen LogP contribution in [0.1, 0.15) is 16.7 Å². The van der Waals surface area contributed by atoms with Crippen molar-refractivity contribution in [2.24, 2.45) is 0 Å². The molecule has 0 aliphatic rings. The van der Waals surface area contributed by atoms with E-state index >= 15 is 0 Å². The Bertz CT molecular complexity index is 441. The Morgan fingerprint density at radius 3 is 1.93 bits per heavy atom. The summed E-state index contributed by atoms with van der Waals surface area (Å²) in [6.07, 6.45) is 7.80. The SMILES string of the molecule is Cc1ccc(/C=C\c2ccncc2)cc1. The number of benzene rings is 1. The number of hydrogen-bond acceptors (Lipinski definition) is 1. The van der Waals surface area contributed by atoms with Gasteiger partial charge in [-0.2, -0.15) is 0 Å². The van der Waals surface area contributed by atoms with Crippen molar-refractivity contribution in [2.45, 2.75) is 6.92 Å². The van der Waals surface area contributed by atoms with E-state index < -0.39 is 0 Å². The Hall–Kier alpha value is -1.89. The van der Waals surface area contributed by atoms with Gasteiger partial charge in [-0.3, -0.25) is 4.98 Å². The number of hydrogen-bond donors (Lipinski definition) is 0. The lowest BCUT2D eigenvalue weighted by atomic mass is 10.1. The standard InChI is InChI=1S/C14H13N/c1-12-2-4-13(5-3-12)6-7-14-8-10-15-11-9-14/h2-11H,1H3/b7-6-. The van der Waals surface area contributed by atoms with Crippen LogP contribution in [0.4, 0.5) is 0 Å². The smallest absolute Gasteiger partial charge is 0.0273 e. The van der Waals surface area contributed by atoms with Gasteiger partial charge < -0.3 is 0 Å². The van der Waals surface area contributed by atoms with Crippen molar-refractivity contribution in [3.8, 4) is 0 Å². The van der Waals surface area contributed by atoms with Gasteiger partial charge in [0.25, 0.3) is 0 Å². The Balaban J connectivity index is 2.15. The molecule has 1 aromatic carbocycles. The van der Waals surface area contributed by atoms with Gasteiger partial charge in [0.15, 0.2) is 0 Å². The molecule has 1 aromatic heterocycles. The first-order valence-corrected chi connectivity index (χ1v) is 4.99. The van der Waals surface area contributed by atoms with Crippen LogP contribution < -0.4 is 0 Å². The topological polar surface area (TPSA) is 12.9 Å². The first-order valence-electron chi connectivity index (χ1n) is 4.99. The highest BCUT2D eigenvalue weighted by Gasteiger charge is 1.87. The maximum absolute atomic E-state index is 3.98. The van der Waals surface area contributed by atoms with E-state index in [0.717, 1.165) is 0 Å². The highest BCUT2D eigenvalue weighted by atomic mass is 14.6. The monoisotopic (exact) mass is 195 g/mol. The average Bonchev–Trinajstić information content (AvgIpc) is 2.30. The van der Waals surface area contributed by atoms with Crippen molar-refractivity contribution >= 4 is 12.2 Å². The first kappa shape index (κ1) is 9.66. The molecule has 0 atom stereocenters. The third-order valence-electron chi connectivity index (χ3n) is 2.25. The number of rotatable bonds is 2. The molecule has 0 amide bonds. The average molecular weight is 195 g/mol. The molecule has 0 spiro atoms. The Labute approximate surface area is 90.1 Å². The normalized spacial score (nSPS) is 10.7. The van der Waals surface area contributed by atoms with Crippen LogP contribution in [-0.4, -0.2) is 4.98 Å². The highest BCUT2D eigenvalue weighted by Crippen LogP contribution is 2.08. The lowest BCUT2D eigenvalue weighted by Gasteiger charge is -1.95. The van der Waals surface area contributed by atoms with Gasteiger partial charge in [0.2, 0.25) is 0 Å². The predicted octanol–water partition coefficient (Wildman–Crippen LogP) is 3.56. The quantitative estimate of drug-likeness (QED) is 0.714. The fourth-order valence-corrected chi connectivity index (χ4v) is 1.34. The second-order valence-electron chi connectivity index (χ2n) is 3.52. The molecule has 1 heterocycles. The summed E-state index contributed by atoms with van der Waals surface area (Å²) in [7, 11) is 0. The van der Waals surface area contributed by atoms with Crippen molar-refractivity contribution in [1.29, 1.82) is 0 Å². The van der Waals surface area contributed by atoms with Crippen molar-refractivity contribution in [3.63, 3.8) is 0 Å². The van der Waals surface area contributed by atoms with Crippen LogP contribution in [0.3, 0.4) is 0 Å². The molecule has 0 unspecified atom stereocenters. The molecule has 2 aromatic rings. The molecule has 0 saturated heterocycles. The number of aryl methyl sites for hydroxylation is 1. The summed E-state index contributed by atoms with van der Waals surface area (Å²) in [6, 6.07) is 12.5. The molecule has 74 valence electrons. The van der Waals surface area contributed by atoms with Crippen LogP contribution in [-0.2, 0) is 0 Å². The molecular weight excluding hydrogens is 182 g/mol. The van der Waals surface area contributed by atoms with Gasteiger partial charge in [0.1, 0.15) is 0 Å². The minimum absolute atomic E-state index is 1.17. The Morgan fingerprint density at radius 1 is 0.800 bits per heavy atom. The molecule has 0 saturated carbocycles. The van der Waals surface area contributed by atoms with Gasteiger partial charge >= 0.3 is 0 Å². The lowest BCUT2D eigenvalue weighted by molar-refractivity contribution is 1.32. The van der Waals surface area contributed by atoms with Gasteiger partial charge in [-0.05, 0) is 30.2 Å². The van der Waals surface area contributed by atoms with Crippen molar-refractivity contribution in [2.75, 3.05) is 0 Å². The molecule has 0 N–H and O–H groups in total. The van der Waals surface area contributed by atoms with E-state index in [1.54, 1.807) is 12.4 Å². The minimum Gasteiger partial charge on any atom is -0.265 e. The second-order valence-corrected chi connectivity index (χ2v) is 3.52. The van der Waals surface area contributed by atoms with Crippen molar-refractivity contribution in [1.82, 2.24) is 4.98 Å². The summed E-state index contributed by atoms with van der Waals surface area (Å²) in [6.45, 7) is 2.09. The summed E-state index contributed by atoms with van der Waals surface area (Å²) >= 11 is 0. The summed E-state index contributed by atoms with van der Waals surface area (Å²) in [5.74, 6) is 0. The van der Waals surface area contributed by atoms with E-state index in [9.17, 15) is 0 Å². The van der Waals surface area contributed by atoms with Crippen molar-refractivity contribution in [3.05, 3.63) is 65.5 Å². The largest absolute Gasteiger partial charge is 0.265 e. The van der Waals surface area contributed by atoms with Crippen LogP contribution in [0.2, 0.25) is 0 Å². The molecule has 1 nitrogen and oxygen atoms in total. The van der Waals surface area contributed by atoms with E-state index in [1.807, 2.05) is 12.1 Å². The van der Waals surface area contributed by atoms with Crippen LogP contribution in [0.15, 0.2) is 48.8 Å². The summed E-state index contributed by atoms with van der Waals surface area (Å²) < 4.78 is 0. The van der Waals surface area contributed by atoms with E-state index in [2.05, 4.69) is 48.3 Å². The molecule has 0 aliphatic carbocycles. The lowest BCUT2D eigenvalue weighted by Crippen LogP contribution is -1.75. The number of nitrogens with zero attached hydrogens (tertiary/aromatic N) is 1. The number of pyridine rings is 1. The zero-order valence-electron chi connectivity index (χ0n) is 8.72. The van der Waals surface area contributed by atoms with Gasteiger partial charge in [-0.25, -0.2) is 0 Å². The number of aromatic nitrogens is 1. The van der Waals surface area contributed by atoms with E-state index in [1.165, 1.54) is 16.7 Å². The van der Waals surface area contributed by atoms with E-state index in [0.29, 0.717) is 0 Å². The summed E-state index contributed by atoms with van der Waals surface area (Å²) in [5.41, 5.74) is 3.68. The molecule has 0 bridgehead atoms. The fraction of sp³-hybridized carbons (Fsp3) is 0.0714. The van der Waals surface area contributed by atoms with E-state index in [-0.39, 0.29) is 0 Å². The summed E-state index contributed by atoms with van der Waals surface area (Å²) in [4.78, 5) is 3.98.